The van der Waals surface area contributed by atoms with Crippen molar-refractivity contribution in [1.82, 2.24) is 0 Å². The van der Waals surface area contributed by atoms with Crippen LogP contribution in [-0.4, -0.2) is 11.7 Å². The molecule has 0 amide bonds. The van der Waals surface area contributed by atoms with E-state index < -0.39 is 0 Å². The molecule has 74 valence electrons. The normalized spacial score (nSPS) is 13.2. The third-order valence-corrected chi connectivity index (χ3v) is 1.91. The number of aliphatic imine (C=N–C) groups is 1. The van der Waals surface area contributed by atoms with E-state index in [-0.39, 0.29) is 0 Å². The van der Waals surface area contributed by atoms with E-state index in [0.717, 1.165) is 18.9 Å². The molecule has 0 fully saturated rings. The first-order valence-electron chi connectivity index (χ1n) is 4.85. The molecule has 0 aliphatic rings. The summed E-state index contributed by atoms with van der Waals surface area (Å²) in [5.74, 6) is 1.34. The number of hydrogen-bond donors (Lipinski definition) is 0. The van der Waals surface area contributed by atoms with Crippen molar-refractivity contribution in [1.29, 1.82) is 0 Å². The van der Waals surface area contributed by atoms with Crippen molar-refractivity contribution in [3.8, 4) is 0 Å². The molecule has 13 heavy (non-hydrogen) atoms. The summed E-state index contributed by atoms with van der Waals surface area (Å²) in [5.41, 5.74) is 0. The molecule has 0 aliphatic heterocycles. The van der Waals surface area contributed by atoms with Crippen LogP contribution in [-0.2, 0) is 0 Å². The molecule has 0 radical (unpaired) electrons. The molecular formula is C11H19NS. The van der Waals surface area contributed by atoms with E-state index in [1.54, 1.807) is 0 Å². The molecule has 0 bridgehead atoms. The highest BCUT2D eigenvalue weighted by Gasteiger charge is 1.96. The fourth-order valence-corrected chi connectivity index (χ4v) is 1.04. The SMILES string of the molecule is CC(C)C/C=C/CC(C)CN=C=S. The van der Waals surface area contributed by atoms with Crippen LogP contribution >= 0.6 is 12.2 Å². The molecule has 0 saturated carbocycles. The minimum absolute atomic E-state index is 0.582. The third-order valence-electron chi connectivity index (χ3n) is 1.78. The van der Waals surface area contributed by atoms with Crippen molar-refractivity contribution in [3.05, 3.63) is 12.2 Å². The molecule has 0 N–H and O–H groups in total. The van der Waals surface area contributed by atoms with Gasteiger partial charge < -0.3 is 0 Å². The first kappa shape index (κ1) is 12.5. The Morgan fingerprint density at radius 1 is 1.23 bits per heavy atom. The number of allylic oxidation sites excluding steroid dienone is 2. The van der Waals surface area contributed by atoms with Crippen LogP contribution in [0.2, 0.25) is 0 Å². The van der Waals surface area contributed by atoms with Gasteiger partial charge in [0, 0.05) is 0 Å². The fourth-order valence-electron chi connectivity index (χ4n) is 0.965. The largest absolute Gasteiger partial charge is 0.232 e. The highest BCUT2D eigenvalue weighted by atomic mass is 32.1. The number of nitrogens with zero attached hydrogens (tertiary/aromatic N) is 1. The lowest BCUT2D eigenvalue weighted by Crippen LogP contribution is -1.96. The molecule has 1 unspecified atom stereocenters. The van der Waals surface area contributed by atoms with E-state index >= 15 is 0 Å². The van der Waals surface area contributed by atoms with Crippen molar-refractivity contribution in [2.75, 3.05) is 6.54 Å². The van der Waals surface area contributed by atoms with Crippen LogP contribution in [0.3, 0.4) is 0 Å². The monoisotopic (exact) mass is 197 g/mol. The van der Waals surface area contributed by atoms with Gasteiger partial charge >= 0.3 is 0 Å². The standard InChI is InChI=1S/C11H19NS/c1-10(2)6-4-5-7-11(3)8-12-9-13/h4-5,10-11H,6-8H2,1-3H3/b5-4+. The van der Waals surface area contributed by atoms with Crippen LogP contribution in [0.4, 0.5) is 0 Å². The summed E-state index contributed by atoms with van der Waals surface area (Å²) < 4.78 is 0. The van der Waals surface area contributed by atoms with Gasteiger partial charge in [0.1, 0.15) is 0 Å². The predicted octanol–water partition coefficient (Wildman–Crippen LogP) is 3.72. The van der Waals surface area contributed by atoms with Gasteiger partial charge in [-0.3, -0.25) is 0 Å². The van der Waals surface area contributed by atoms with Crippen molar-refractivity contribution in [2.24, 2.45) is 16.8 Å². The molecule has 0 aromatic heterocycles. The Morgan fingerprint density at radius 3 is 2.38 bits per heavy atom. The maximum Gasteiger partial charge on any atom is 0.0585 e. The summed E-state index contributed by atoms with van der Waals surface area (Å²) in [6.07, 6.45) is 6.75. The van der Waals surface area contributed by atoms with E-state index in [9.17, 15) is 0 Å². The lowest BCUT2D eigenvalue weighted by molar-refractivity contribution is 0.604. The van der Waals surface area contributed by atoms with Gasteiger partial charge in [-0.1, -0.05) is 32.9 Å². The highest BCUT2D eigenvalue weighted by Crippen LogP contribution is 2.05. The van der Waals surface area contributed by atoms with Gasteiger partial charge in [0.25, 0.3) is 0 Å². The number of isothiocyanates is 1. The van der Waals surface area contributed by atoms with Crippen LogP contribution in [0.5, 0.6) is 0 Å². The molecule has 0 aromatic carbocycles. The lowest BCUT2D eigenvalue weighted by atomic mass is 10.1. The lowest BCUT2D eigenvalue weighted by Gasteiger charge is -2.02. The molecule has 0 aliphatic carbocycles. The molecule has 0 heterocycles. The number of thiocarbonyl (C=S) groups is 1. The average Bonchev–Trinajstić information content (AvgIpc) is 2.08. The topological polar surface area (TPSA) is 12.4 Å². The Labute approximate surface area is 87.0 Å². The molecule has 0 spiro atoms. The van der Waals surface area contributed by atoms with Gasteiger partial charge in [-0.2, -0.15) is 0 Å². The summed E-state index contributed by atoms with van der Waals surface area (Å²) in [7, 11) is 0. The molecule has 0 saturated heterocycles. The van der Waals surface area contributed by atoms with Gasteiger partial charge in [0.05, 0.1) is 11.7 Å². The van der Waals surface area contributed by atoms with Crippen molar-refractivity contribution in [3.63, 3.8) is 0 Å². The van der Waals surface area contributed by atoms with Crippen LogP contribution in [0, 0.1) is 11.8 Å². The van der Waals surface area contributed by atoms with Crippen molar-refractivity contribution < 1.29 is 0 Å². The molecule has 0 rings (SSSR count). The number of rotatable bonds is 6. The quantitative estimate of drug-likeness (QED) is 0.359. The summed E-state index contributed by atoms with van der Waals surface area (Å²) >= 11 is 4.51. The van der Waals surface area contributed by atoms with E-state index in [0.29, 0.717) is 5.92 Å². The van der Waals surface area contributed by atoms with Crippen molar-refractivity contribution >= 4 is 17.4 Å². The van der Waals surface area contributed by atoms with E-state index in [4.69, 9.17) is 0 Å². The van der Waals surface area contributed by atoms with E-state index in [2.05, 4.69) is 55.3 Å². The zero-order chi connectivity index (χ0) is 10.1. The Balaban J connectivity index is 3.50. The second-order valence-electron chi connectivity index (χ2n) is 3.87. The zero-order valence-corrected chi connectivity index (χ0v) is 9.60. The van der Waals surface area contributed by atoms with Crippen LogP contribution in [0.15, 0.2) is 17.1 Å². The van der Waals surface area contributed by atoms with Gasteiger partial charge in [-0.15, -0.1) is 0 Å². The summed E-state index contributed by atoms with van der Waals surface area (Å²) in [6.45, 7) is 7.43. The van der Waals surface area contributed by atoms with Crippen LogP contribution < -0.4 is 0 Å². The Kier molecular flexibility index (Phi) is 7.86. The van der Waals surface area contributed by atoms with E-state index in [1.165, 1.54) is 6.42 Å². The summed E-state index contributed by atoms with van der Waals surface area (Å²) in [6, 6.07) is 0. The minimum atomic E-state index is 0.582. The van der Waals surface area contributed by atoms with Crippen LogP contribution in [0.25, 0.3) is 0 Å². The van der Waals surface area contributed by atoms with E-state index in [1.807, 2.05) is 0 Å². The van der Waals surface area contributed by atoms with Crippen LogP contribution in [0.1, 0.15) is 33.6 Å². The summed E-state index contributed by atoms with van der Waals surface area (Å²) in [4.78, 5) is 3.92. The summed E-state index contributed by atoms with van der Waals surface area (Å²) in [5, 5.41) is 2.39. The molecular weight excluding hydrogens is 178 g/mol. The molecule has 0 aromatic rings. The predicted molar refractivity (Wildman–Crippen MR) is 62.3 cm³/mol. The number of hydrogen-bond acceptors (Lipinski definition) is 2. The molecule has 2 heteroatoms. The van der Waals surface area contributed by atoms with Crippen molar-refractivity contribution in [2.45, 2.75) is 33.6 Å². The highest BCUT2D eigenvalue weighted by molar-refractivity contribution is 7.78. The Morgan fingerprint density at radius 2 is 1.85 bits per heavy atom. The minimum Gasteiger partial charge on any atom is -0.232 e. The van der Waals surface area contributed by atoms with Gasteiger partial charge in [-0.05, 0) is 36.9 Å². The zero-order valence-electron chi connectivity index (χ0n) is 8.79. The maximum atomic E-state index is 4.51. The fraction of sp³-hybridized carbons (Fsp3) is 0.727. The van der Waals surface area contributed by atoms with Gasteiger partial charge in [-0.25, -0.2) is 4.99 Å². The Bertz CT molecular complexity index is 190. The first-order valence-corrected chi connectivity index (χ1v) is 5.26. The first-order chi connectivity index (χ1) is 6.16. The maximum absolute atomic E-state index is 4.51. The molecule has 1 atom stereocenters. The second-order valence-corrected chi connectivity index (χ2v) is 4.06. The smallest absolute Gasteiger partial charge is 0.0585 e. The van der Waals surface area contributed by atoms with Gasteiger partial charge in [0.2, 0.25) is 0 Å². The Hall–Kier alpha value is -0.460. The third kappa shape index (κ3) is 9.45. The second kappa shape index (κ2) is 8.15. The average molecular weight is 197 g/mol. The molecule has 1 nitrogen and oxygen atoms in total. The van der Waals surface area contributed by atoms with Gasteiger partial charge in [0.15, 0.2) is 0 Å².